The summed E-state index contributed by atoms with van der Waals surface area (Å²) in [5.74, 6) is -0.133. The third-order valence-corrected chi connectivity index (χ3v) is 6.42. The molecule has 0 bridgehead atoms. The van der Waals surface area contributed by atoms with E-state index in [1.165, 1.54) is 5.56 Å². The first-order chi connectivity index (χ1) is 12.7. The summed E-state index contributed by atoms with van der Waals surface area (Å²) in [4.78, 5) is 18.6. The number of hydrogen-bond acceptors (Lipinski definition) is 5. The fourth-order valence-electron chi connectivity index (χ4n) is 3.55. The molecule has 1 atom stereocenters. The molecule has 26 heavy (non-hydrogen) atoms. The molecule has 0 amide bonds. The van der Waals surface area contributed by atoms with E-state index in [0.29, 0.717) is 6.61 Å². The van der Waals surface area contributed by atoms with Crippen LogP contribution in [0.15, 0.2) is 53.4 Å². The smallest absolute Gasteiger partial charge is 0.324 e. The molecule has 1 unspecified atom stereocenters. The predicted octanol–water partition coefficient (Wildman–Crippen LogP) is 3.29. The number of likely N-dealkylation sites (N-methyl/N-ethyl adjacent to an activating group) is 1. The van der Waals surface area contributed by atoms with Crippen LogP contribution >= 0.6 is 11.8 Å². The third-order valence-electron chi connectivity index (χ3n) is 5.13. The summed E-state index contributed by atoms with van der Waals surface area (Å²) in [5.41, 5.74) is 3.40. The van der Waals surface area contributed by atoms with Gasteiger partial charge in [-0.05, 0) is 29.8 Å². The Bertz CT molecular complexity index is 787. The minimum Gasteiger partial charge on any atom is -0.463 e. The Morgan fingerprint density at radius 1 is 1.04 bits per heavy atom. The Morgan fingerprint density at radius 2 is 1.73 bits per heavy atom. The van der Waals surface area contributed by atoms with Gasteiger partial charge in [-0.3, -0.25) is 9.69 Å². The largest absolute Gasteiger partial charge is 0.463 e. The summed E-state index contributed by atoms with van der Waals surface area (Å²) in [6.07, 6.45) is 0. The van der Waals surface area contributed by atoms with Crippen molar-refractivity contribution in [3.63, 3.8) is 0 Å². The van der Waals surface area contributed by atoms with E-state index in [-0.39, 0.29) is 11.2 Å². The summed E-state index contributed by atoms with van der Waals surface area (Å²) in [5, 5.41) is -0.284. The van der Waals surface area contributed by atoms with Crippen molar-refractivity contribution in [1.29, 1.82) is 0 Å². The van der Waals surface area contributed by atoms with Crippen molar-refractivity contribution in [2.45, 2.75) is 10.1 Å². The molecule has 2 aromatic rings. The van der Waals surface area contributed by atoms with Crippen LogP contribution in [0.5, 0.6) is 0 Å². The molecule has 1 fully saturated rings. The van der Waals surface area contributed by atoms with Gasteiger partial charge in [0.15, 0.2) is 0 Å². The van der Waals surface area contributed by atoms with Gasteiger partial charge in [0.2, 0.25) is 0 Å². The van der Waals surface area contributed by atoms with Gasteiger partial charge in [-0.1, -0.05) is 42.5 Å². The zero-order valence-corrected chi connectivity index (χ0v) is 15.9. The lowest BCUT2D eigenvalue weighted by Gasteiger charge is -2.32. The minimum absolute atomic E-state index is 0.133. The Kier molecular flexibility index (Phi) is 5.29. The van der Waals surface area contributed by atoms with Gasteiger partial charge in [-0.25, -0.2) is 0 Å². The fourth-order valence-corrected chi connectivity index (χ4v) is 4.76. The molecule has 4 nitrogen and oxygen atoms in total. The van der Waals surface area contributed by atoms with Crippen LogP contribution in [0.3, 0.4) is 0 Å². The van der Waals surface area contributed by atoms with Gasteiger partial charge >= 0.3 is 5.97 Å². The van der Waals surface area contributed by atoms with Crippen molar-refractivity contribution < 1.29 is 9.53 Å². The quantitative estimate of drug-likeness (QED) is 0.774. The summed E-state index contributed by atoms with van der Waals surface area (Å²) in [6.45, 7) is 5.52. The van der Waals surface area contributed by atoms with Gasteiger partial charge in [0.25, 0.3) is 0 Å². The van der Waals surface area contributed by atoms with E-state index >= 15 is 0 Å². The number of thioether (sulfide) groups is 1. The van der Waals surface area contributed by atoms with E-state index in [1.54, 1.807) is 11.8 Å². The molecule has 0 saturated carbocycles. The van der Waals surface area contributed by atoms with Crippen molar-refractivity contribution in [2.75, 3.05) is 46.4 Å². The standard InChI is InChI=1S/C21H24N2O2S/c1-22-10-12-23(13-11-22)14-15-25-21(24)20-18-8-3-2-6-16(18)17-7-4-5-9-19(17)26-20/h2-9,20H,10-15H2,1H3. The Hall–Kier alpha value is -1.82. The van der Waals surface area contributed by atoms with Crippen LogP contribution in [0.1, 0.15) is 10.8 Å². The number of rotatable bonds is 4. The normalized spacial score (nSPS) is 20.3. The molecule has 0 N–H and O–H groups in total. The predicted molar refractivity (Wildman–Crippen MR) is 105 cm³/mol. The second-order valence-corrected chi connectivity index (χ2v) is 8.04. The highest BCUT2D eigenvalue weighted by molar-refractivity contribution is 8.00. The summed E-state index contributed by atoms with van der Waals surface area (Å²) in [7, 11) is 2.15. The van der Waals surface area contributed by atoms with Crippen molar-refractivity contribution in [1.82, 2.24) is 9.80 Å². The van der Waals surface area contributed by atoms with Crippen LogP contribution in [-0.4, -0.2) is 62.1 Å². The Balaban J connectivity index is 1.42. The van der Waals surface area contributed by atoms with Crippen LogP contribution < -0.4 is 0 Å². The first-order valence-electron chi connectivity index (χ1n) is 9.15. The van der Waals surface area contributed by atoms with Gasteiger partial charge in [-0.2, -0.15) is 0 Å². The molecule has 2 heterocycles. The zero-order chi connectivity index (χ0) is 17.9. The maximum absolute atomic E-state index is 12.8. The second kappa shape index (κ2) is 7.82. The first-order valence-corrected chi connectivity index (χ1v) is 10.0. The molecule has 2 aliphatic heterocycles. The monoisotopic (exact) mass is 368 g/mol. The average Bonchev–Trinajstić information content (AvgIpc) is 2.69. The highest BCUT2D eigenvalue weighted by Gasteiger charge is 2.31. The molecule has 4 rings (SSSR count). The maximum Gasteiger partial charge on any atom is 0.324 e. The molecule has 136 valence electrons. The van der Waals surface area contributed by atoms with Crippen LogP contribution in [0, 0.1) is 0 Å². The lowest BCUT2D eigenvalue weighted by molar-refractivity contribution is -0.143. The van der Waals surface area contributed by atoms with Crippen molar-refractivity contribution in [2.24, 2.45) is 0 Å². The van der Waals surface area contributed by atoms with Gasteiger partial charge in [0, 0.05) is 37.6 Å². The number of carbonyl (C=O) groups is 1. The second-order valence-electron chi connectivity index (χ2n) is 6.89. The van der Waals surface area contributed by atoms with E-state index in [4.69, 9.17) is 4.74 Å². The molecule has 0 aliphatic carbocycles. The van der Waals surface area contributed by atoms with Crippen molar-refractivity contribution in [3.05, 3.63) is 54.1 Å². The molecule has 5 heteroatoms. The van der Waals surface area contributed by atoms with Crippen LogP contribution in [0.2, 0.25) is 0 Å². The van der Waals surface area contributed by atoms with Crippen molar-refractivity contribution >= 4 is 17.7 Å². The average molecular weight is 369 g/mol. The van der Waals surface area contributed by atoms with Crippen LogP contribution in [0.25, 0.3) is 11.1 Å². The van der Waals surface area contributed by atoms with E-state index in [9.17, 15) is 4.79 Å². The molecule has 2 aliphatic rings. The topological polar surface area (TPSA) is 32.8 Å². The number of benzene rings is 2. The molecular weight excluding hydrogens is 344 g/mol. The lowest BCUT2D eigenvalue weighted by Crippen LogP contribution is -2.45. The lowest BCUT2D eigenvalue weighted by atomic mass is 9.97. The first kappa shape index (κ1) is 17.6. The number of nitrogens with zero attached hydrogens (tertiary/aromatic N) is 2. The summed E-state index contributed by atoms with van der Waals surface area (Å²) < 4.78 is 5.67. The molecule has 0 spiro atoms. The fraction of sp³-hybridized carbons (Fsp3) is 0.381. The van der Waals surface area contributed by atoms with E-state index < -0.39 is 0 Å². The van der Waals surface area contributed by atoms with Gasteiger partial charge in [0.05, 0.1) is 0 Å². The number of carbonyl (C=O) groups excluding carboxylic acids is 1. The van der Waals surface area contributed by atoms with Crippen LogP contribution in [-0.2, 0) is 9.53 Å². The number of ether oxygens (including phenoxy) is 1. The van der Waals surface area contributed by atoms with Crippen LogP contribution in [0.4, 0.5) is 0 Å². The highest BCUT2D eigenvalue weighted by atomic mass is 32.2. The summed E-state index contributed by atoms with van der Waals surface area (Å²) >= 11 is 1.60. The SMILES string of the molecule is CN1CCN(CCOC(=O)C2Sc3ccccc3-c3ccccc32)CC1. The van der Waals surface area contributed by atoms with Gasteiger partial charge in [-0.15, -0.1) is 11.8 Å². The number of esters is 1. The highest BCUT2D eigenvalue weighted by Crippen LogP contribution is 2.49. The summed E-state index contributed by atoms with van der Waals surface area (Å²) in [6, 6.07) is 16.4. The number of piperazine rings is 1. The molecular formula is C21H24N2O2S. The Morgan fingerprint density at radius 3 is 2.54 bits per heavy atom. The van der Waals surface area contributed by atoms with Gasteiger partial charge < -0.3 is 9.64 Å². The minimum atomic E-state index is -0.284. The van der Waals surface area contributed by atoms with E-state index in [1.807, 2.05) is 30.3 Å². The molecule has 0 radical (unpaired) electrons. The maximum atomic E-state index is 12.8. The molecule has 0 aromatic heterocycles. The number of hydrogen-bond donors (Lipinski definition) is 0. The zero-order valence-electron chi connectivity index (χ0n) is 15.1. The third kappa shape index (κ3) is 3.65. The van der Waals surface area contributed by atoms with Gasteiger partial charge in [0.1, 0.15) is 11.9 Å². The van der Waals surface area contributed by atoms with E-state index in [2.05, 4.69) is 35.0 Å². The molecule has 1 saturated heterocycles. The van der Waals surface area contributed by atoms with E-state index in [0.717, 1.165) is 48.7 Å². The Labute approximate surface area is 159 Å². The number of fused-ring (bicyclic) bond motifs is 3. The molecule has 2 aromatic carbocycles. The van der Waals surface area contributed by atoms with Crippen molar-refractivity contribution in [3.8, 4) is 11.1 Å².